The second-order valence-electron chi connectivity index (χ2n) is 2.27. The summed E-state index contributed by atoms with van der Waals surface area (Å²) in [6, 6.07) is 5.52. The van der Waals surface area contributed by atoms with E-state index in [-0.39, 0.29) is 0 Å². The molecule has 0 amide bonds. The summed E-state index contributed by atoms with van der Waals surface area (Å²) in [6.07, 6.45) is 1.31. The van der Waals surface area contributed by atoms with Crippen LogP contribution in [0.25, 0.3) is 0 Å². The Morgan fingerprint density at radius 2 is 2.27 bits per heavy atom. The molecule has 0 aliphatic carbocycles. The minimum absolute atomic E-state index is 0.591. The van der Waals surface area contributed by atoms with Crippen molar-refractivity contribution in [3.8, 4) is 0 Å². The van der Waals surface area contributed by atoms with Crippen LogP contribution in [0, 0.1) is 6.92 Å². The fraction of sp³-hybridized carbons (Fsp3) is 0.125. The zero-order chi connectivity index (χ0) is 8.27. The van der Waals surface area contributed by atoms with Gasteiger partial charge in [0.2, 0.25) is 0 Å². The van der Waals surface area contributed by atoms with Gasteiger partial charge in [-0.25, -0.2) is 0 Å². The van der Waals surface area contributed by atoms with Gasteiger partial charge in [-0.3, -0.25) is 0 Å². The minimum Gasteiger partial charge on any atom is -0.411 e. The highest BCUT2D eigenvalue weighted by molar-refractivity contribution is 6.33. The molecule has 0 bridgehead atoms. The molecule has 0 atom stereocenters. The molecule has 0 aromatic heterocycles. The molecule has 1 aromatic rings. The van der Waals surface area contributed by atoms with Crippen molar-refractivity contribution < 1.29 is 5.21 Å². The molecule has 0 saturated carbocycles. The molecule has 0 fully saturated rings. The summed E-state index contributed by atoms with van der Waals surface area (Å²) >= 11 is 5.77. The van der Waals surface area contributed by atoms with Gasteiger partial charge in [-0.15, -0.1) is 0 Å². The van der Waals surface area contributed by atoms with E-state index in [4.69, 9.17) is 16.8 Å². The molecule has 1 aromatic carbocycles. The predicted molar refractivity (Wildman–Crippen MR) is 45.6 cm³/mol. The minimum atomic E-state index is 0.591. The Morgan fingerprint density at radius 1 is 1.55 bits per heavy atom. The Hall–Kier alpha value is -1.02. The lowest BCUT2D eigenvalue weighted by atomic mass is 10.1. The van der Waals surface area contributed by atoms with E-state index in [2.05, 4.69) is 5.16 Å². The van der Waals surface area contributed by atoms with Gasteiger partial charge in [0.25, 0.3) is 0 Å². The van der Waals surface area contributed by atoms with Gasteiger partial charge in [0.1, 0.15) is 0 Å². The van der Waals surface area contributed by atoms with Gasteiger partial charge in [0, 0.05) is 10.6 Å². The summed E-state index contributed by atoms with van der Waals surface area (Å²) in [5.74, 6) is 0. The van der Waals surface area contributed by atoms with Crippen molar-refractivity contribution in [2.24, 2.45) is 5.16 Å². The predicted octanol–water partition coefficient (Wildman–Crippen LogP) is 2.46. The summed E-state index contributed by atoms with van der Waals surface area (Å²) < 4.78 is 0. The average molecular weight is 170 g/mol. The van der Waals surface area contributed by atoms with Crippen molar-refractivity contribution in [2.45, 2.75) is 6.92 Å². The first-order chi connectivity index (χ1) is 5.24. The van der Waals surface area contributed by atoms with Gasteiger partial charge in [-0.05, 0) is 19.1 Å². The first-order valence-corrected chi connectivity index (χ1v) is 3.55. The molecule has 0 unspecified atom stereocenters. The second kappa shape index (κ2) is 3.39. The quantitative estimate of drug-likeness (QED) is 0.391. The van der Waals surface area contributed by atoms with Crippen LogP contribution in [0.5, 0.6) is 0 Å². The van der Waals surface area contributed by atoms with Gasteiger partial charge in [-0.1, -0.05) is 28.4 Å². The molecule has 1 N–H and O–H groups in total. The van der Waals surface area contributed by atoms with Crippen molar-refractivity contribution >= 4 is 17.8 Å². The lowest BCUT2D eigenvalue weighted by molar-refractivity contribution is 0.322. The van der Waals surface area contributed by atoms with E-state index in [0.29, 0.717) is 5.02 Å². The molecule has 0 saturated heterocycles. The van der Waals surface area contributed by atoms with Crippen LogP contribution >= 0.6 is 11.6 Å². The summed E-state index contributed by atoms with van der Waals surface area (Å²) in [6.45, 7) is 1.95. The van der Waals surface area contributed by atoms with Crippen LogP contribution in [0.4, 0.5) is 0 Å². The normalized spacial score (nSPS) is 10.7. The average Bonchev–Trinajstić information content (AvgIpc) is 1.98. The Labute approximate surface area is 70.1 Å². The Morgan fingerprint density at radius 3 is 2.91 bits per heavy atom. The molecule has 58 valence electrons. The van der Waals surface area contributed by atoms with Crippen LogP contribution in [-0.4, -0.2) is 11.4 Å². The second-order valence-corrected chi connectivity index (χ2v) is 2.68. The fourth-order valence-electron chi connectivity index (χ4n) is 0.824. The van der Waals surface area contributed by atoms with Crippen molar-refractivity contribution in [2.75, 3.05) is 0 Å². The number of rotatable bonds is 1. The third-order valence-electron chi connectivity index (χ3n) is 1.35. The highest BCUT2D eigenvalue weighted by Crippen LogP contribution is 2.14. The lowest BCUT2D eigenvalue weighted by Gasteiger charge is -1.97. The van der Waals surface area contributed by atoms with E-state index < -0.39 is 0 Å². The Bertz CT molecular complexity index is 283. The molecule has 0 heterocycles. The van der Waals surface area contributed by atoms with E-state index in [9.17, 15) is 0 Å². The van der Waals surface area contributed by atoms with Gasteiger partial charge in [-0.2, -0.15) is 0 Å². The van der Waals surface area contributed by atoms with E-state index in [0.717, 1.165) is 11.1 Å². The fourth-order valence-corrected chi connectivity index (χ4v) is 0.991. The Balaban J connectivity index is 3.12. The SMILES string of the molecule is Cc1ccc(Cl)c(/C=N\O)c1. The van der Waals surface area contributed by atoms with Gasteiger partial charge >= 0.3 is 0 Å². The molecule has 0 aliphatic rings. The number of nitrogens with zero attached hydrogens (tertiary/aromatic N) is 1. The van der Waals surface area contributed by atoms with Crippen molar-refractivity contribution in [1.29, 1.82) is 0 Å². The number of hydrogen-bond acceptors (Lipinski definition) is 2. The number of oxime groups is 1. The standard InChI is InChI=1S/C8H8ClNO/c1-6-2-3-8(9)7(4-6)5-10-11/h2-5,11H,1H3/b10-5-. The van der Waals surface area contributed by atoms with E-state index in [1.54, 1.807) is 6.07 Å². The molecule has 1 rings (SSSR count). The topological polar surface area (TPSA) is 32.6 Å². The van der Waals surface area contributed by atoms with E-state index in [1.807, 2.05) is 19.1 Å². The molecule has 2 nitrogen and oxygen atoms in total. The maximum atomic E-state index is 8.25. The number of hydrogen-bond donors (Lipinski definition) is 1. The number of aryl methyl sites for hydroxylation is 1. The summed E-state index contributed by atoms with van der Waals surface area (Å²) in [7, 11) is 0. The molecule has 11 heavy (non-hydrogen) atoms. The largest absolute Gasteiger partial charge is 0.411 e. The zero-order valence-electron chi connectivity index (χ0n) is 6.08. The summed E-state index contributed by atoms with van der Waals surface area (Å²) in [5.41, 5.74) is 1.82. The lowest BCUT2D eigenvalue weighted by Crippen LogP contribution is -1.83. The van der Waals surface area contributed by atoms with Crippen LogP contribution in [0.15, 0.2) is 23.4 Å². The van der Waals surface area contributed by atoms with Crippen molar-refractivity contribution in [3.05, 3.63) is 34.3 Å². The maximum absolute atomic E-state index is 8.25. The van der Waals surface area contributed by atoms with Gasteiger partial charge in [0.15, 0.2) is 0 Å². The number of benzene rings is 1. The third-order valence-corrected chi connectivity index (χ3v) is 1.69. The monoisotopic (exact) mass is 169 g/mol. The van der Waals surface area contributed by atoms with Crippen molar-refractivity contribution in [1.82, 2.24) is 0 Å². The van der Waals surface area contributed by atoms with Crippen LogP contribution in [0.3, 0.4) is 0 Å². The van der Waals surface area contributed by atoms with Crippen LogP contribution in [0.1, 0.15) is 11.1 Å². The smallest absolute Gasteiger partial charge is 0.0748 e. The molecular weight excluding hydrogens is 162 g/mol. The molecule has 0 spiro atoms. The van der Waals surface area contributed by atoms with E-state index >= 15 is 0 Å². The van der Waals surface area contributed by atoms with Crippen LogP contribution in [-0.2, 0) is 0 Å². The highest BCUT2D eigenvalue weighted by Gasteiger charge is 1.95. The van der Waals surface area contributed by atoms with Gasteiger partial charge < -0.3 is 5.21 Å². The summed E-state index contributed by atoms with van der Waals surface area (Å²) in [5, 5.41) is 11.7. The summed E-state index contributed by atoms with van der Waals surface area (Å²) in [4.78, 5) is 0. The maximum Gasteiger partial charge on any atom is 0.0748 e. The third kappa shape index (κ3) is 1.95. The molecule has 3 heteroatoms. The van der Waals surface area contributed by atoms with Crippen LogP contribution < -0.4 is 0 Å². The first-order valence-electron chi connectivity index (χ1n) is 3.17. The highest BCUT2D eigenvalue weighted by atomic mass is 35.5. The van der Waals surface area contributed by atoms with Gasteiger partial charge in [0.05, 0.1) is 6.21 Å². The molecular formula is C8H8ClNO. The molecule has 0 aliphatic heterocycles. The van der Waals surface area contributed by atoms with E-state index in [1.165, 1.54) is 6.21 Å². The molecule has 0 radical (unpaired) electrons. The zero-order valence-corrected chi connectivity index (χ0v) is 6.84. The Kier molecular flexibility index (Phi) is 2.49. The number of halogens is 1. The van der Waals surface area contributed by atoms with Crippen LogP contribution in [0.2, 0.25) is 5.02 Å². The first kappa shape index (κ1) is 8.08. The van der Waals surface area contributed by atoms with Crippen molar-refractivity contribution in [3.63, 3.8) is 0 Å².